The third kappa shape index (κ3) is 3.64. The fourth-order valence-corrected chi connectivity index (χ4v) is 2.62. The maximum atomic E-state index is 10.4. The highest BCUT2D eigenvalue weighted by Crippen LogP contribution is 2.38. The van der Waals surface area contributed by atoms with Gasteiger partial charge in [-0.2, -0.15) is 0 Å². The lowest BCUT2D eigenvalue weighted by atomic mass is 10.1. The topological polar surface area (TPSA) is 41.9 Å². The highest BCUT2D eigenvalue weighted by Gasteiger charge is 2.33. The van der Waals surface area contributed by atoms with Crippen LogP contribution in [0.25, 0.3) is 0 Å². The Morgan fingerprint density at radius 2 is 2.05 bits per heavy atom. The third-order valence-electron chi connectivity index (χ3n) is 4.10. The molecular weight excluding hydrogens is 254 g/mol. The molecule has 1 saturated carbocycles. The maximum Gasteiger partial charge on any atom is 0.124 e. The Morgan fingerprint density at radius 1 is 1.35 bits per heavy atom. The van der Waals surface area contributed by atoms with Crippen molar-refractivity contribution in [2.75, 3.05) is 34.4 Å². The van der Waals surface area contributed by atoms with Crippen molar-refractivity contribution < 1.29 is 14.6 Å². The van der Waals surface area contributed by atoms with E-state index in [1.165, 1.54) is 6.42 Å². The summed E-state index contributed by atoms with van der Waals surface area (Å²) >= 11 is 0. The standard InChI is InChI=1S/C16H25NO3/c1-11-7-12(11)9-17(2)10-15(18)14-8-13(19-3)5-6-16(14)20-4/h5-6,8,11-12,15,18H,7,9-10H2,1-4H3. The van der Waals surface area contributed by atoms with Crippen molar-refractivity contribution in [3.63, 3.8) is 0 Å². The van der Waals surface area contributed by atoms with E-state index in [2.05, 4.69) is 18.9 Å². The van der Waals surface area contributed by atoms with Crippen molar-refractivity contribution in [3.8, 4) is 11.5 Å². The largest absolute Gasteiger partial charge is 0.497 e. The monoisotopic (exact) mass is 279 g/mol. The molecule has 4 nitrogen and oxygen atoms in total. The Labute approximate surface area is 121 Å². The maximum absolute atomic E-state index is 10.4. The summed E-state index contributed by atoms with van der Waals surface area (Å²) in [5, 5.41) is 10.4. The summed E-state index contributed by atoms with van der Waals surface area (Å²) in [4.78, 5) is 2.19. The summed E-state index contributed by atoms with van der Waals surface area (Å²) < 4.78 is 10.5. The van der Waals surface area contributed by atoms with E-state index in [-0.39, 0.29) is 0 Å². The molecule has 20 heavy (non-hydrogen) atoms. The average Bonchev–Trinajstić information content (AvgIpc) is 3.12. The highest BCUT2D eigenvalue weighted by molar-refractivity contribution is 5.41. The Bertz CT molecular complexity index is 449. The molecule has 3 unspecified atom stereocenters. The van der Waals surface area contributed by atoms with E-state index >= 15 is 0 Å². The Morgan fingerprint density at radius 3 is 2.60 bits per heavy atom. The SMILES string of the molecule is COc1ccc(OC)c(C(O)CN(C)CC2CC2C)c1. The van der Waals surface area contributed by atoms with Crippen molar-refractivity contribution >= 4 is 0 Å². The number of hydrogen-bond donors (Lipinski definition) is 1. The van der Waals surface area contributed by atoms with Crippen molar-refractivity contribution in [1.82, 2.24) is 4.90 Å². The van der Waals surface area contributed by atoms with Crippen LogP contribution < -0.4 is 9.47 Å². The van der Waals surface area contributed by atoms with E-state index in [1.807, 2.05) is 18.2 Å². The first-order valence-corrected chi connectivity index (χ1v) is 7.13. The summed E-state index contributed by atoms with van der Waals surface area (Å²) in [6, 6.07) is 5.52. The minimum Gasteiger partial charge on any atom is -0.497 e. The first-order valence-electron chi connectivity index (χ1n) is 7.13. The van der Waals surface area contributed by atoms with E-state index in [1.54, 1.807) is 14.2 Å². The lowest BCUT2D eigenvalue weighted by Gasteiger charge is -2.22. The van der Waals surface area contributed by atoms with Gasteiger partial charge in [-0.05, 0) is 43.5 Å². The molecule has 1 aliphatic carbocycles. The predicted molar refractivity (Wildman–Crippen MR) is 79.3 cm³/mol. The van der Waals surface area contributed by atoms with Crippen LogP contribution in [0.15, 0.2) is 18.2 Å². The molecule has 0 saturated heterocycles. The molecule has 3 atom stereocenters. The van der Waals surface area contributed by atoms with Crippen LogP contribution in [0.3, 0.4) is 0 Å². The van der Waals surface area contributed by atoms with Crippen molar-refractivity contribution in [1.29, 1.82) is 0 Å². The smallest absolute Gasteiger partial charge is 0.124 e. The summed E-state index contributed by atoms with van der Waals surface area (Å²) in [6.45, 7) is 3.93. The van der Waals surface area contributed by atoms with Crippen molar-refractivity contribution in [3.05, 3.63) is 23.8 Å². The van der Waals surface area contributed by atoms with Gasteiger partial charge in [0.25, 0.3) is 0 Å². The quantitative estimate of drug-likeness (QED) is 0.832. The van der Waals surface area contributed by atoms with E-state index in [0.29, 0.717) is 12.3 Å². The van der Waals surface area contributed by atoms with Crippen LogP contribution in [0.2, 0.25) is 0 Å². The minimum atomic E-state index is -0.570. The molecule has 0 aromatic heterocycles. The van der Waals surface area contributed by atoms with Crippen LogP contribution >= 0.6 is 0 Å². The zero-order chi connectivity index (χ0) is 14.7. The molecule has 2 rings (SSSR count). The van der Waals surface area contributed by atoms with Gasteiger partial charge in [0.15, 0.2) is 0 Å². The molecule has 0 radical (unpaired) electrons. The molecule has 0 aliphatic heterocycles. The lowest BCUT2D eigenvalue weighted by Crippen LogP contribution is -2.27. The van der Waals surface area contributed by atoms with Gasteiger partial charge in [0.2, 0.25) is 0 Å². The van der Waals surface area contributed by atoms with Gasteiger partial charge in [-0.3, -0.25) is 0 Å². The van der Waals surface area contributed by atoms with E-state index in [9.17, 15) is 5.11 Å². The van der Waals surface area contributed by atoms with Gasteiger partial charge in [0, 0.05) is 18.7 Å². The molecule has 112 valence electrons. The average molecular weight is 279 g/mol. The normalized spacial score (nSPS) is 22.7. The summed E-state index contributed by atoms with van der Waals surface area (Å²) in [5.41, 5.74) is 0.780. The number of ether oxygens (including phenoxy) is 2. The molecule has 1 fully saturated rings. The van der Waals surface area contributed by atoms with Crippen LogP contribution in [0.5, 0.6) is 11.5 Å². The van der Waals surface area contributed by atoms with Gasteiger partial charge in [-0.15, -0.1) is 0 Å². The molecule has 0 amide bonds. The molecule has 0 spiro atoms. The van der Waals surface area contributed by atoms with Gasteiger partial charge in [-0.25, -0.2) is 0 Å². The van der Waals surface area contributed by atoms with Gasteiger partial charge in [0.1, 0.15) is 11.5 Å². The van der Waals surface area contributed by atoms with Crippen molar-refractivity contribution in [2.24, 2.45) is 11.8 Å². The number of likely N-dealkylation sites (N-methyl/N-ethyl adjacent to an activating group) is 1. The van der Waals surface area contributed by atoms with Gasteiger partial charge >= 0.3 is 0 Å². The van der Waals surface area contributed by atoms with Gasteiger partial charge in [-0.1, -0.05) is 6.92 Å². The Hall–Kier alpha value is -1.26. The molecule has 1 aromatic rings. The summed E-state index contributed by atoms with van der Waals surface area (Å²) in [7, 11) is 5.30. The Kier molecular flexibility index (Phi) is 4.89. The zero-order valence-corrected chi connectivity index (χ0v) is 12.8. The molecular formula is C16H25NO3. The second-order valence-corrected chi connectivity index (χ2v) is 5.82. The van der Waals surface area contributed by atoms with Gasteiger partial charge in [0.05, 0.1) is 20.3 Å². The molecule has 4 heteroatoms. The third-order valence-corrected chi connectivity index (χ3v) is 4.10. The van der Waals surface area contributed by atoms with Crippen LogP contribution in [-0.4, -0.2) is 44.4 Å². The van der Waals surface area contributed by atoms with Crippen LogP contribution in [0, 0.1) is 11.8 Å². The van der Waals surface area contributed by atoms with Crippen LogP contribution in [0.4, 0.5) is 0 Å². The second-order valence-electron chi connectivity index (χ2n) is 5.82. The zero-order valence-electron chi connectivity index (χ0n) is 12.8. The first-order chi connectivity index (χ1) is 9.55. The Balaban J connectivity index is 2.01. The minimum absolute atomic E-state index is 0.570. The number of hydrogen-bond acceptors (Lipinski definition) is 4. The number of benzene rings is 1. The van der Waals surface area contributed by atoms with E-state index in [4.69, 9.17) is 9.47 Å². The molecule has 1 N–H and O–H groups in total. The molecule has 0 heterocycles. The number of rotatable bonds is 7. The molecule has 1 aromatic carbocycles. The van der Waals surface area contributed by atoms with Gasteiger partial charge < -0.3 is 19.5 Å². The molecule has 1 aliphatic rings. The van der Waals surface area contributed by atoms with E-state index < -0.39 is 6.10 Å². The molecule has 0 bridgehead atoms. The number of methoxy groups -OCH3 is 2. The number of aliphatic hydroxyl groups is 1. The number of nitrogens with zero attached hydrogens (tertiary/aromatic N) is 1. The summed E-state index contributed by atoms with van der Waals surface area (Å²) in [6.07, 6.45) is 0.738. The fraction of sp³-hybridized carbons (Fsp3) is 0.625. The number of aliphatic hydroxyl groups excluding tert-OH is 1. The van der Waals surface area contributed by atoms with Crippen LogP contribution in [-0.2, 0) is 0 Å². The fourth-order valence-electron chi connectivity index (χ4n) is 2.62. The second kappa shape index (κ2) is 6.46. The van der Waals surface area contributed by atoms with E-state index in [0.717, 1.165) is 29.7 Å². The lowest BCUT2D eigenvalue weighted by molar-refractivity contribution is 0.121. The summed E-state index contributed by atoms with van der Waals surface area (Å²) in [5.74, 6) is 3.06. The predicted octanol–water partition coefficient (Wildman–Crippen LogP) is 2.33. The highest BCUT2D eigenvalue weighted by atomic mass is 16.5. The van der Waals surface area contributed by atoms with Crippen molar-refractivity contribution in [2.45, 2.75) is 19.4 Å². The van der Waals surface area contributed by atoms with Crippen LogP contribution in [0.1, 0.15) is 25.0 Å². The first kappa shape index (κ1) is 15.1.